The third kappa shape index (κ3) is 4.84. The minimum atomic E-state index is -0.158. The molecule has 2 aliphatic heterocycles. The number of amides is 2. The quantitative estimate of drug-likeness (QED) is 0.794. The van der Waals surface area contributed by atoms with E-state index in [-0.39, 0.29) is 17.9 Å². The Bertz CT molecular complexity index is 971. The van der Waals surface area contributed by atoms with E-state index in [1.165, 1.54) is 0 Å². The van der Waals surface area contributed by atoms with Gasteiger partial charge in [-0.2, -0.15) is 5.26 Å². The summed E-state index contributed by atoms with van der Waals surface area (Å²) in [4.78, 5) is 33.8. The first kappa shape index (κ1) is 20.8. The van der Waals surface area contributed by atoms with Gasteiger partial charge in [-0.3, -0.25) is 9.59 Å². The highest BCUT2D eigenvalue weighted by Gasteiger charge is 2.26. The molecule has 2 saturated heterocycles. The highest BCUT2D eigenvalue weighted by atomic mass is 16.5. The van der Waals surface area contributed by atoms with Crippen LogP contribution in [0.3, 0.4) is 0 Å². The van der Waals surface area contributed by atoms with Crippen molar-refractivity contribution < 1.29 is 14.3 Å². The van der Waals surface area contributed by atoms with E-state index >= 15 is 0 Å². The molecule has 0 aliphatic carbocycles. The molecule has 8 nitrogen and oxygen atoms in total. The molecule has 1 atom stereocenters. The second-order valence-corrected chi connectivity index (χ2v) is 7.69. The van der Waals surface area contributed by atoms with E-state index in [2.05, 4.69) is 16.4 Å². The number of carbonyl (C=O) groups is 2. The number of nitriles is 1. The van der Waals surface area contributed by atoms with Crippen LogP contribution in [0.4, 0.5) is 5.82 Å². The Morgan fingerprint density at radius 3 is 2.61 bits per heavy atom. The highest BCUT2D eigenvalue weighted by molar-refractivity contribution is 5.99. The Morgan fingerprint density at radius 1 is 1.16 bits per heavy atom. The van der Waals surface area contributed by atoms with Gasteiger partial charge in [0.15, 0.2) is 0 Å². The van der Waals surface area contributed by atoms with Gasteiger partial charge in [0, 0.05) is 51.1 Å². The number of pyridine rings is 1. The average molecular weight is 419 g/mol. The predicted molar refractivity (Wildman–Crippen MR) is 115 cm³/mol. The number of anilines is 1. The largest absolute Gasteiger partial charge is 0.376 e. The van der Waals surface area contributed by atoms with Crippen molar-refractivity contribution in [3.63, 3.8) is 0 Å². The van der Waals surface area contributed by atoms with Crippen molar-refractivity contribution in [2.75, 3.05) is 44.2 Å². The first-order valence-corrected chi connectivity index (χ1v) is 10.5. The summed E-state index contributed by atoms with van der Waals surface area (Å²) in [6.07, 6.45) is 3.76. The van der Waals surface area contributed by atoms with Crippen LogP contribution < -0.4 is 10.2 Å². The molecule has 2 aliphatic rings. The summed E-state index contributed by atoms with van der Waals surface area (Å²) in [5.74, 6) is 0.423. The maximum atomic E-state index is 12.8. The van der Waals surface area contributed by atoms with Gasteiger partial charge in [0.2, 0.25) is 0 Å². The predicted octanol–water partition coefficient (Wildman–Crippen LogP) is 1.82. The summed E-state index contributed by atoms with van der Waals surface area (Å²) < 4.78 is 5.58. The second kappa shape index (κ2) is 9.58. The molecule has 0 saturated carbocycles. The van der Waals surface area contributed by atoms with Gasteiger partial charge in [-0.15, -0.1) is 0 Å². The number of carbonyl (C=O) groups excluding carboxylic acids is 2. The minimum absolute atomic E-state index is 0.0558. The van der Waals surface area contributed by atoms with Gasteiger partial charge in [-0.25, -0.2) is 4.98 Å². The van der Waals surface area contributed by atoms with Crippen molar-refractivity contribution in [1.82, 2.24) is 15.2 Å². The molecule has 0 spiro atoms. The van der Waals surface area contributed by atoms with E-state index in [0.29, 0.717) is 55.2 Å². The normalized spacial score (nSPS) is 18.5. The Hall–Kier alpha value is -3.44. The molecule has 1 aromatic carbocycles. The average Bonchev–Trinajstić information content (AvgIpc) is 3.36. The van der Waals surface area contributed by atoms with Gasteiger partial charge in [-0.1, -0.05) is 0 Å². The van der Waals surface area contributed by atoms with E-state index < -0.39 is 0 Å². The van der Waals surface area contributed by atoms with Crippen LogP contribution >= 0.6 is 0 Å². The van der Waals surface area contributed by atoms with Gasteiger partial charge in [0.25, 0.3) is 11.8 Å². The Balaban J connectivity index is 1.37. The summed E-state index contributed by atoms with van der Waals surface area (Å²) in [6, 6.07) is 12.3. The monoisotopic (exact) mass is 419 g/mol. The molecular weight excluding hydrogens is 394 g/mol. The first-order chi connectivity index (χ1) is 15.2. The number of nitrogens with one attached hydrogen (secondary N) is 1. The Morgan fingerprint density at radius 2 is 1.94 bits per heavy atom. The second-order valence-electron chi connectivity index (χ2n) is 7.69. The highest BCUT2D eigenvalue weighted by Crippen LogP contribution is 2.20. The van der Waals surface area contributed by atoms with Crippen LogP contribution in [0.1, 0.15) is 39.1 Å². The molecule has 160 valence electrons. The van der Waals surface area contributed by atoms with Gasteiger partial charge in [-0.05, 0) is 49.2 Å². The molecule has 2 amide bonds. The molecule has 0 bridgehead atoms. The summed E-state index contributed by atoms with van der Waals surface area (Å²) in [5, 5.41) is 11.9. The summed E-state index contributed by atoms with van der Waals surface area (Å²) in [7, 11) is 0. The maximum Gasteiger partial charge on any atom is 0.255 e. The summed E-state index contributed by atoms with van der Waals surface area (Å²) in [5.41, 5.74) is 1.63. The van der Waals surface area contributed by atoms with Crippen molar-refractivity contribution in [3.8, 4) is 6.07 Å². The SMILES string of the molecule is N#Cc1ccc(C(=O)N2CCN(c3ncccc3C(=O)NC[C@H]3CCCO3)CC2)cc1. The number of hydrogen-bond acceptors (Lipinski definition) is 6. The summed E-state index contributed by atoms with van der Waals surface area (Å²) in [6.45, 7) is 3.50. The van der Waals surface area contributed by atoms with Crippen molar-refractivity contribution in [1.29, 1.82) is 5.26 Å². The van der Waals surface area contributed by atoms with E-state index in [4.69, 9.17) is 10.00 Å². The van der Waals surface area contributed by atoms with Crippen molar-refractivity contribution in [2.24, 2.45) is 0 Å². The number of nitrogens with zero attached hydrogens (tertiary/aromatic N) is 4. The fraction of sp³-hybridized carbons (Fsp3) is 0.391. The van der Waals surface area contributed by atoms with Crippen LogP contribution in [-0.4, -0.2) is 67.1 Å². The van der Waals surface area contributed by atoms with Crippen molar-refractivity contribution in [3.05, 3.63) is 59.3 Å². The lowest BCUT2D eigenvalue weighted by Crippen LogP contribution is -2.49. The Labute approximate surface area is 181 Å². The van der Waals surface area contributed by atoms with Gasteiger partial charge in [0.1, 0.15) is 5.82 Å². The van der Waals surface area contributed by atoms with Crippen LogP contribution in [0.15, 0.2) is 42.6 Å². The number of benzene rings is 1. The molecule has 0 unspecified atom stereocenters. The fourth-order valence-corrected chi connectivity index (χ4v) is 3.92. The van der Waals surface area contributed by atoms with E-state index in [1.807, 2.05) is 4.90 Å². The fourth-order valence-electron chi connectivity index (χ4n) is 3.92. The van der Waals surface area contributed by atoms with E-state index in [9.17, 15) is 9.59 Å². The van der Waals surface area contributed by atoms with Crippen LogP contribution in [-0.2, 0) is 4.74 Å². The smallest absolute Gasteiger partial charge is 0.255 e. The minimum Gasteiger partial charge on any atom is -0.376 e. The third-order valence-corrected chi connectivity index (χ3v) is 5.67. The third-order valence-electron chi connectivity index (χ3n) is 5.67. The maximum absolute atomic E-state index is 12.8. The molecule has 1 aromatic heterocycles. The standard InChI is InChI=1S/C23H25N5O3/c24-15-17-5-7-18(8-6-17)23(30)28-12-10-27(11-13-28)21-20(4-1-9-25-21)22(29)26-16-19-3-2-14-31-19/h1,4-9,19H,2-3,10-14,16H2,(H,26,29)/t19-/m1/s1. The van der Waals surface area contributed by atoms with E-state index in [0.717, 1.165) is 19.4 Å². The number of rotatable bonds is 5. The van der Waals surface area contributed by atoms with E-state index in [1.54, 1.807) is 47.5 Å². The van der Waals surface area contributed by atoms with Crippen molar-refractivity contribution in [2.45, 2.75) is 18.9 Å². The van der Waals surface area contributed by atoms with Crippen LogP contribution in [0, 0.1) is 11.3 Å². The topological polar surface area (TPSA) is 98.6 Å². The molecule has 4 rings (SSSR count). The van der Waals surface area contributed by atoms with Crippen LogP contribution in [0.25, 0.3) is 0 Å². The van der Waals surface area contributed by atoms with Crippen LogP contribution in [0.2, 0.25) is 0 Å². The Kier molecular flexibility index (Phi) is 6.43. The summed E-state index contributed by atoms with van der Waals surface area (Å²) >= 11 is 0. The van der Waals surface area contributed by atoms with Gasteiger partial charge in [0.05, 0.1) is 23.3 Å². The molecule has 8 heteroatoms. The van der Waals surface area contributed by atoms with Crippen LogP contribution in [0.5, 0.6) is 0 Å². The molecule has 3 heterocycles. The zero-order chi connectivity index (χ0) is 21.6. The lowest BCUT2D eigenvalue weighted by molar-refractivity contribution is 0.0745. The number of hydrogen-bond donors (Lipinski definition) is 1. The molecular formula is C23H25N5O3. The first-order valence-electron chi connectivity index (χ1n) is 10.5. The molecule has 1 N–H and O–H groups in total. The molecule has 31 heavy (non-hydrogen) atoms. The number of aromatic nitrogens is 1. The molecule has 0 radical (unpaired) electrons. The number of piperazine rings is 1. The molecule has 2 fully saturated rings. The van der Waals surface area contributed by atoms with Gasteiger partial charge < -0.3 is 19.9 Å². The zero-order valence-electron chi connectivity index (χ0n) is 17.3. The van der Waals surface area contributed by atoms with Gasteiger partial charge >= 0.3 is 0 Å². The zero-order valence-corrected chi connectivity index (χ0v) is 17.3. The molecule has 2 aromatic rings. The lowest BCUT2D eigenvalue weighted by Gasteiger charge is -2.36. The lowest BCUT2D eigenvalue weighted by atomic mass is 10.1. The van der Waals surface area contributed by atoms with Crippen molar-refractivity contribution >= 4 is 17.6 Å². The number of ether oxygens (including phenoxy) is 1.